The molecule has 3 N–H and O–H groups in total. The zero-order chi connectivity index (χ0) is 43.6. The summed E-state index contributed by atoms with van der Waals surface area (Å²) in [6, 6.07) is -0.715. The minimum Gasteiger partial charge on any atom is -0.466 e. The number of ether oxygens (including phenoxy) is 2. The minimum absolute atomic E-state index is 0.0735. The molecule has 0 aliphatic carbocycles. The van der Waals surface area contributed by atoms with E-state index in [4.69, 9.17) is 9.47 Å². The van der Waals surface area contributed by atoms with Crippen molar-refractivity contribution in [2.24, 2.45) is 11.8 Å². The predicted octanol–water partition coefficient (Wildman–Crippen LogP) is 11.3. The van der Waals surface area contributed by atoms with Gasteiger partial charge in [-0.25, -0.2) is 0 Å². The molecule has 0 bridgehead atoms. The number of carbonyl (C=O) groups excluding carboxylic acids is 3. The Hall–Kier alpha value is -2.75. The highest BCUT2D eigenvalue weighted by Crippen LogP contribution is 2.28. The van der Waals surface area contributed by atoms with E-state index in [1.165, 1.54) is 89.9 Å². The van der Waals surface area contributed by atoms with Crippen LogP contribution in [-0.2, 0) is 23.9 Å². The van der Waals surface area contributed by atoms with Crippen molar-refractivity contribution in [2.45, 2.75) is 200 Å². The second-order valence-electron chi connectivity index (χ2n) is 17.0. The number of esters is 2. The highest BCUT2D eigenvalue weighted by molar-refractivity contribution is 5.81. The van der Waals surface area contributed by atoms with Crippen LogP contribution in [0.1, 0.15) is 194 Å². The van der Waals surface area contributed by atoms with Crippen LogP contribution in [-0.4, -0.2) is 85.1 Å². The molecular formula is C51H90N2O7. The molecule has 0 aromatic carbocycles. The molecule has 2 atom stereocenters. The van der Waals surface area contributed by atoms with Crippen molar-refractivity contribution in [3.63, 3.8) is 0 Å². The Morgan fingerprint density at radius 2 is 0.917 bits per heavy atom. The van der Waals surface area contributed by atoms with Crippen molar-refractivity contribution in [1.29, 1.82) is 0 Å². The van der Waals surface area contributed by atoms with Crippen molar-refractivity contribution in [3.8, 4) is 0 Å². The molecule has 1 saturated heterocycles. The maximum absolute atomic E-state index is 13.2. The van der Waals surface area contributed by atoms with Crippen LogP contribution in [0.4, 0.5) is 0 Å². The van der Waals surface area contributed by atoms with Crippen molar-refractivity contribution in [3.05, 3.63) is 48.6 Å². The van der Waals surface area contributed by atoms with Gasteiger partial charge in [0.15, 0.2) is 0 Å². The molecule has 346 valence electrons. The van der Waals surface area contributed by atoms with Crippen LogP contribution < -0.4 is 5.32 Å². The van der Waals surface area contributed by atoms with E-state index in [1.807, 2.05) is 4.90 Å². The number of rotatable bonds is 41. The molecule has 0 spiro atoms. The first kappa shape index (κ1) is 55.3. The number of nitrogens with one attached hydrogen (secondary N) is 1. The molecule has 0 unspecified atom stereocenters. The molecular weight excluding hydrogens is 753 g/mol. The van der Waals surface area contributed by atoms with Crippen LogP contribution in [0.5, 0.6) is 0 Å². The summed E-state index contributed by atoms with van der Waals surface area (Å²) in [7, 11) is 0. The number of aliphatic hydroxyl groups excluding tert-OH is 2. The summed E-state index contributed by atoms with van der Waals surface area (Å²) in [6.45, 7) is 6.73. The molecule has 1 amide bonds. The number of unbranched alkanes of at least 4 members (excludes halogenated alkanes) is 18. The molecule has 1 fully saturated rings. The molecule has 1 aliphatic heterocycles. The van der Waals surface area contributed by atoms with Gasteiger partial charge < -0.3 is 25.0 Å². The Bertz CT molecular complexity index is 1070. The first-order valence-electron chi connectivity index (χ1n) is 24.6. The number of carbonyl (C=O) groups is 3. The molecule has 1 aliphatic rings. The van der Waals surface area contributed by atoms with Crippen LogP contribution in [0.2, 0.25) is 0 Å². The van der Waals surface area contributed by atoms with Gasteiger partial charge in [-0.05, 0) is 102 Å². The number of nitrogens with zero attached hydrogens (tertiary/aromatic N) is 1. The molecule has 0 saturated carbocycles. The van der Waals surface area contributed by atoms with Gasteiger partial charge in [-0.2, -0.15) is 0 Å². The van der Waals surface area contributed by atoms with Crippen LogP contribution in [0.3, 0.4) is 0 Å². The van der Waals surface area contributed by atoms with Crippen LogP contribution in [0.15, 0.2) is 48.6 Å². The predicted molar refractivity (Wildman–Crippen MR) is 249 cm³/mol. The van der Waals surface area contributed by atoms with E-state index >= 15 is 0 Å². The third-order valence-corrected chi connectivity index (χ3v) is 11.4. The van der Waals surface area contributed by atoms with E-state index in [0.29, 0.717) is 39.1 Å². The van der Waals surface area contributed by atoms with E-state index in [1.54, 1.807) is 0 Å². The van der Waals surface area contributed by atoms with Gasteiger partial charge in [0.05, 0.1) is 32.6 Å². The molecule has 9 nitrogen and oxygen atoms in total. The Balaban J connectivity index is 2.37. The fourth-order valence-corrected chi connectivity index (χ4v) is 7.87. The Kier molecular flexibility index (Phi) is 38.3. The lowest BCUT2D eigenvalue weighted by atomic mass is 9.91. The van der Waals surface area contributed by atoms with Gasteiger partial charge in [-0.3, -0.25) is 19.3 Å². The van der Waals surface area contributed by atoms with Crippen LogP contribution in [0.25, 0.3) is 0 Å². The van der Waals surface area contributed by atoms with E-state index < -0.39 is 18.0 Å². The zero-order valence-corrected chi connectivity index (χ0v) is 38.5. The normalized spacial score (nSPS) is 16.1. The summed E-state index contributed by atoms with van der Waals surface area (Å²) >= 11 is 0. The maximum Gasteiger partial charge on any atom is 0.307 e. The average molecular weight is 843 g/mol. The third kappa shape index (κ3) is 33.9. The summed E-state index contributed by atoms with van der Waals surface area (Å²) in [6.07, 6.45) is 46.7. The molecule has 9 heteroatoms. The summed E-state index contributed by atoms with van der Waals surface area (Å²) < 4.78 is 11.1. The van der Waals surface area contributed by atoms with Gasteiger partial charge in [0.25, 0.3) is 0 Å². The largest absolute Gasteiger partial charge is 0.466 e. The van der Waals surface area contributed by atoms with Gasteiger partial charge in [0.1, 0.15) is 0 Å². The molecule has 0 radical (unpaired) electrons. The van der Waals surface area contributed by atoms with Gasteiger partial charge in [0, 0.05) is 32.3 Å². The van der Waals surface area contributed by atoms with E-state index in [2.05, 4.69) is 67.8 Å². The SMILES string of the molecule is CCCCC/C=C\C/C=C\CCCCCCCCOC(=O)CC(CC(=O)OCCCCCCCC/C=C\C/C=C\CCCCC)NC(=O)CN1C[C@@H](CCO)[C@@H](CCO)C1. The van der Waals surface area contributed by atoms with Crippen LogP contribution in [0, 0.1) is 11.8 Å². The molecule has 0 aromatic heterocycles. The van der Waals surface area contributed by atoms with Crippen molar-refractivity contribution < 1.29 is 34.1 Å². The fraction of sp³-hybridized carbons (Fsp3) is 0.784. The second kappa shape index (κ2) is 41.6. The summed E-state index contributed by atoms with van der Waals surface area (Å²) in [5.74, 6) is -0.672. The Morgan fingerprint density at radius 3 is 1.30 bits per heavy atom. The fourth-order valence-electron chi connectivity index (χ4n) is 7.87. The number of aliphatic hydroxyl groups is 2. The van der Waals surface area contributed by atoms with Crippen LogP contribution >= 0.6 is 0 Å². The summed E-state index contributed by atoms with van der Waals surface area (Å²) in [5.41, 5.74) is 0. The number of allylic oxidation sites excluding steroid dienone is 8. The quantitative estimate of drug-likeness (QED) is 0.0316. The molecule has 1 heterocycles. The average Bonchev–Trinajstić information content (AvgIpc) is 3.59. The third-order valence-electron chi connectivity index (χ3n) is 11.4. The van der Waals surface area contributed by atoms with Gasteiger partial charge in [0.2, 0.25) is 5.91 Å². The van der Waals surface area contributed by atoms with Gasteiger partial charge >= 0.3 is 11.9 Å². The molecule has 0 aromatic rings. The van der Waals surface area contributed by atoms with Gasteiger partial charge in [-0.15, -0.1) is 0 Å². The van der Waals surface area contributed by atoms with E-state index in [0.717, 1.165) is 64.2 Å². The number of hydrogen-bond acceptors (Lipinski definition) is 8. The lowest BCUT2D eigenvalue weighted by Crippen LogP contribution is -2.43. The number of amides is 1. The highest BCUT2D eigenvalue weighted by atomic mass is 16.5. The second-order valence-corrected chi connectivity index (χ2v) is 17.0. The first-order chi connectivity index (χ1) is 29.4. The van der Waals surface area contributed by atoms with Crippen molar-refractivity contribution >= 4 is 17.8 Å². The first-order valence-corrected chi connectivity index (χ1v) is 24.6. The van der Waals surface area contributed by atoms with E-state index in [9.17, 15) is 24.6 Å². The number of likely N-dealkylation sites (tertiary alicyclic amines) is 1. The highest BCUT2D eigenvalue weighted by Gasteiger charge is 2.33. The molecule has 60 heavy (non-hydrogen) atoms. The Labute approximate surface area is 367 Å². The lowest BCUT2D eigenvalue weighted by molar-refractivity contribution is -0.146. The topological polar surface area (TPSA) is 125 Å². The van der Waals surface area contributed by atoms with Crippen molar-refractivity contribution in [2.75, 3.05) is 46.1 Å². The van der Waals surface area contributed by atoms with Crippen molar-refractivity contribution in [1.82, 2.24) is 10.2 Å². The lowest BCUT2D eigenvalue weighted by Gasteiger charge is -2.20. The smallest absolute Gasteiger partial charge is 0.307 e. The zero-order valence-electron chi connectivity index (χ0n) is 38.5. The standard InChI is InChI=1S/C51H90N2O7/c1-3-5-7-9-11-13-15-17-19-21-23-25-27-29-31-33-39-59-50(57)41-48(52-49(56)45-53-43-46(35-37-54)47(44-53)36-38-55)42-51(58)60-40-34-32-30-28-26-24-22-20-18-16-14-12-10-8-6-4-2/h11-14,17-20,46-48,54-55H,3-10,15-16,21-45H2,1-2H3,(H,52,56)/b13-11-,14-12-,19-17-,20-18-/t46-,47+. The Morgan fingerprint density at radius 1 is 0.550 bits per heavy atom. The maximum atomic E-state index is 13.2. The molecule has 1 rings (SSSR count). The van der Waals surface area contributed by atoms with E-state index in [-0.39, 0.29) is 50.3 Å². The summed E-state index contributed by atoms with van der Waals surface area (Å²) in [5, 5.41) is 21.9. The monoisotopic (exact) mass is 843 g/mol. The minimum atomic E-state index is -0.715. The summed E-state index contributed by atoms with van der Waals surface area (Å²) in [4.78, 5) is 41.0. The number of hydrogen-bond donors (Lipinski definition) is 3. The van der Waals surface area contributed by atoms with Gasteiger partial charge in [-0.1, -0.05) is 140 Å².